The fourth-order valence-corrected chi connectivity index (χ4v) is 1.67. The first-order valence-corrected chi connectivity index (χ1v) is 6.59. The molecule has 0 aromatic heterocycles. The maximum atomic E-state index is 11.9. The molecule has 0 atom stereocenters. The van der Waals surface area contributed by atoms with Gasteiger partial charge in [-0.2, -0.15) is 0 Å². The Labute approximate surface area is 124 Å². The zero-order valence-corrected chi connectivity index (χ0v) is 12.0. The Morgan fingerprint density at radius 3 is 2.52 bits per heavy atom. The summed E-state index contributed by atoms with van der Waals surface area (Å²) < 4.78 is 5.32. The Hall–Kier alpha value is -2.56. The minimum absolute atomic E-state index is 0.193. The molecule has 5 heteroatoms. The second kappa shape index (κ2) is 8.58. The van der Waals surface area contributed by atoms with E-state index < -0.39 is 5.97 Å². The average molecular weight is 289 g/mol. The number of carbonyl (C=O) groups excluding carboxylic acids is 1. The highest BCUT2D eigenvalue weighted by atomic mass is 16.5. The van der Waals surface area contributed by atoms with E-state index >= 15 is 0 Å². The lowest BCUT2D eigenvalue weighted by molar-refractivity contribution is -0.142. The minimum Gasteiger partial charge on any atom is -0.494 e. The van der Waals surface area contributed by atoms with E-state index in [0.29, 0.717) is 6.61 Å². The zero-order valence-electron chi connectivity index (χ0n) is 12.0. The highest BCUT2D eigenvalue weighted by molar-refractivity contribution is 5.93. The third kappa shape index (κ3) is 5.95. The van der Waals surface area contributed by atoms with Crippen LogP contribution < -0.4 is 4.74 Å². The normalized spacial score (nSPS) is 10.3. The van der Waals surface area contributed by atoms with E-state index in [1.54, 1.807) is 6.08 Å². The van der Waals surface area contributed by atoms with Crippen LogP contribution in [0.5, 0.6) is 5.75 Å². The molecule has 1 aromatic rings. The lowest BCUT2D eigenvalue weighted by atomic mass is 10.2. The molecule has 0 aliphatic heterocycles. The van der Waals surface area contributed by atoms with Gasteiger partial charge < -0.3 is 14.7 Å². The fraction of sp³-hybridized carbons (Fsp3) is 0.250. The van der Waals surface area contributed by atoms with Gasteiger partial charge in [-0.1, -0.05) is 18.2 Å². The molecule has 1 amide bonds. The Kier molecular flexibility index (Phi) is 6.74. The van der Waals surface area contributed by atoms with Crippen LogP contribution in [0.1, 0.15) is 12.5 Å². The third-order valence-electron chi connectivity index (χ3n) is 2.60. The van der Waals surface area contributed by atoms with Crippen LogP contribution in [0.3, 0.4) is 0 Å². The van der Waals surface area contributed by atoms with E-state index in [9.17, 15) is 9.59 Å². The molecule has 0 aliphatic carbocycles. The van der Waals surface area contributed by atoms with Crippen LogP contribution in [-0.2, 0) is 9.59 Å². The van der Waals surface area contributed by atoms with Crippen LogP contribution in [0, 0.1) is 0 Å². The number of carboxylic acids is 1. The number of hydrogen-bond donors (Lipinski definition) is 1. The van der Waals surface area contributed by atoms with Crippen LogP contribution in [-0.4, -0.2) is 41.6 Å². The SMILES string of the molecule is C=CCN(CC(=O)O)C(=O)C=Cc1ccc(OCC)cc1. The monoisotopic (exact) mass is 289 g/mol. The van der Waals surface area contributed by atoms with Crippen molar-refractivity contribution in [3.63, 3.8) is 0 Å². The highest BCUT2D eigenvalue weighted by Crippen LogP contribution is 2.13. The summed E-state index contributed by atoms with van der Waals surface area (Å²) >= 11 is 0. The Morgan fingerprint density at radius 2 is 2.00 bits per heavy atom. The van der Waals surface area contributed by atoms with E-state index in [1.807, 2.05) is 31.2 Å². The van der Waals surface area contributed by atoms with E-state index in [1.165, 1.54) is 17.1 Å². The number of rotatable bonds is 8. The van der Waals surface area contributed by atoms with Gasteiger partial charge in [0, 0.05) is 12.6 Å². The molecule has 0 radical (unpaired) electrons. The predicted octanol–water partition coefficient (Wildman–Crippen LogP) is 2.20. The van der Waals surface area contributed by atoms with Crippen LogP contribution in [0.25, 0.3) is 6.08 Å². The molecule has 0 spiro atoms. The summed E-state index contributed by atoms with van der Waals surface area (Å²) in [6.45, 7) is 5.86. The zero-order chi connectivity index (χ0) is 15.7. The topological polar surface area (TPSA) is 66.8 Å². The van der Waals surface area contributed by atoms with Crippen LogP contribution in [0.15, 0.2) is 43.0 Å². The van der Waals surface area contributed by atoms with Gasteiger partial charge in [-0.25, -0.2) is 0 Å². The number of ether oxygens (including phenoxy) is 1. The highest BCUT2D eigenvalue weighted by Gasteiger charge is 2.12. The summed E-state index contributed by atoms with van der Waals surface area (Å²) in [5, 5.41) is 8.76. The Morgan fingerprint density at radius 1 is 1.33 bits per heavy atom. The standard InChI is InChI=1S/C16H19NO4/c1-3-11-17(12-16(19)20)15(18)10-7-13-5-8-14(9-6-13)21-4-2/h3,5-10H,1,4,11-12H2,2H3,(H,19,20). The number of carbonyl (C=O) groups is 2. The average Bonchev–Trinajstić information content (AvgIpc) is 2.45. The molecule has 1 aromatic carbocycles. The summed E-state index contributed by atoms with van der Waals surface area (Å²) in [6.07, 6.45) is 4.48. The second-order valence-electron chi connectivity index (χ2n) is 4.24. The lowest BCUT2D eigenvalue weighted by Gasteiger charge is -2.16. The summed E-state index contributed by atoms with van der Waals surface area (Å²) in [5.41, 5.74) is 0.834. The molecular formula is C16H19NO4. The van der Waals surface area contributed by atoms with E-state index in [-0.39, 0.29) is 19.0 Å². The van der Waals surface area contributed by atoms with Crippen molar-refractivity contribution in [3.05, 3.63) is 48.6 Å². The molecule has 21 heavy (non-hydrogen) atoms. The molecule has 112 valence electrons. The van der Waals surface area contributed by atoms with Crippen molar-refractivity contribution in [2.24, 2.45) is 0 Å². The van der Waals surface area contributed by atoms with Gasteiger partial charge in [-0.05, 0) is 30.7 Å². The first-order valence-electron chi connectivity index (χ1n) is 6.59. The molecule has 0 saturated carbocycles. The number of hydrogen-bond acceptors (Lipinski definition) is 3. The van der Waals surface area contributed by atoms with Gasteiger partial charge in [0.25, 0.3) is 0 Å². The van der Waals surface area contributed by atoms with Crippen molar-refractivity contribution in [2.45, 2.75) is 6.92 Å². The molecular weight excluding hydrogens is 270 g/mol. The van der Waals surface area contributed by atoms with Crippen LogP contribution >= 0.6 is 0 Å². The van der Waals surface area contributed by atoms with Gasteiger partial charge in [-0.15, -0.1) is 6.58 Å². The van der Waals surface area contributed by atoms with Gasteiger partial charge in [-0.3, -0.25) is 9.59 Å². The number of carboxylic acid groups (broad SMARTS) is 1. The molecule has 5 nitrogen and oxygen atoms in total. The van der Waals surface area contributed by atoms with Crippen molar-refractivity contribution in [1.29, 1.82) is 0 Å². The maximum absolute atomic E-state index is 11.9. The minimum atomic E-state index is -1.06. The van der Waals surface area contributed by atoms with Crippen molar-refractivity contribution in [3.8, 4) is 5.75 Å². The van der Waals surface area contributed by atoms with Gasteiger partial charge in [0.2, 0.25) is 5.91 Å². The van der Waals surface area contributed by atoms with Crippen molar-refractivity contribution < 1.29 is 19.4 Å². The van der Waals surface area contributed by atoms with E-state index in [0.717, 1.165) is 11.3 Å². The molecule has 0 aliphatic rings. The first kappa shape index (κ1) is 16.5. The van der Waals surface area contributed by atoms with E-state index in [4.69, 9.17) is 9.84 Å². The van der Waals surface area contributed by atoms with Crippen LogP contribution in [0.2, 0.25) is 0 Å². The Bertz CT molecular complexity index is 520. The van der Waals surface area contributed by atoms with E-state index in [2.05, 4.69) is 6.58 Å². The fourth-order valence-electron chi connectivity index (χ4n) is 1.67. The number of benzene rings is 1. The summed E-state index contributed by atoms with van der Waals surface area (Å²) in [5.74, 6) is -0.661. The summed E-state index contributed by atoms with van der Waals surface area (Å²) in [7, 11) is 0. The molecule has 1 rings (SSSR count). The largest absolute Gasteiger partial charge is 0.494 e. The predicted molar refractivity (Wildman–Crippen MR) is 81.1 cm³/mol. The summed E-state index contributed by atoms with van der Waals surface area (Å²) in [6, 6.07) is 7.27. The smallest absolute Gasteiger partial charge is 0.323 e. The van der Waals surface area contributed by atoms with Gasteiger partial charge in [0.1, 0.15) is 12.3 Å². The molecule has 1 N–H and O–H groups in total. The second-order valence-corrected chi connectivity index (χ2v) is 4.24. The lowest BCUT2D eigenvalue weighted by Crippen LogP contribution is -2.34. The number of aliphatic carboxylic acids is 1. The van der Waals surface area contributed by atoms with Crippen molar-refractivity contribution in [2.75, 3.05) is 19.7 Å². The van der Waals surface area contributed by atoms with Crippen LogP contribution in [0.4, 0.5) is 0 Å². The van der Waals surface area contributed by atoms with Gasteiger partial charge >= 0.3 is 5.97 Å². The summed E-state index contributed by atoms with van der Waals surface area (Å²) in [4.78, 5) is 23.8. The quantitative estimate of drug-likeness (QED) is 0.588. The van der Waals surface area contributed by atoms with Gasteiger partial charge in [0.15, 0.2) is 0 Å². The van der Waals surface area contributed by atoms with Gasteiger partial charge in [0.05, 0.1) is 6.61 Å². The number of amides is 1. The number of nitrogens with zero attached hydrogens (tertiary/aromatic N) is 1. The third-order valence-corrected chi connectivity index (χ3v) is 2.60. The van der Waals surface area contributed by atoms with Crippen molar-refractivity contribution >= 4 is 18.0 Å². The maximum Gasteiger partial charge on any atom is 0.323 e. The van der Waals surface area contributed by atoms with Crippen molar-refractivity contribution in [1.82, 2.24) is 4.90 Å². The molecule has 0 bridgehead atoms. The molecule has 0 saturated heterocycles. The Balaban J connectivity index is 2.70. The first-order chi connectivity index (χ1) is 10.1. The molecule has 0 fully saturated rings. The molecule has 0 heterocycles. The molecule has 0 unspecified atom stereocenters.